The Balaban J connectivity index is 1.42. The molecule has 2 aliphatic carbocycles. The molecule has 3 aliphatic rings. The van der Waals surface area contributed by atoms with Crippen LogP contribution >= 0.6 is 11.6 Å². The van der Waals surface area contributed by atoms with Crippen LogP contribution in [0.4, 0.5) is 10.5 Å². The number of nitrogens with one attached hydrogen (secondary N) is 2. The lowest BCUT2D eigenvalue weighted by molar-refractivity contribution is -0.143. The van der Waals surface area contributed by atoms with E-state index in [1.807, 2.05) is 12.2 Å². The molecule has 0 radical (unpaired) electrons. The van der Waals surface area contributed by atoms with Gasteiger partial charge in [0.2, 0.25) is 11.8 Å². The van der Waals surface area contributed by atoms with E-state index in [0.29, 0.717) is 10.7 Å². The van der Waals surface area contributed by atoms with Crippen LogP contribution in [-0.2, 0) is 9.59 Å². The quantitative estimate of drug-likeness (QED) is 0.643. The fourth-order valence-electron chi connectivity index (χ4n) is 4.26. The summed E-state index contributed by atoms with van der Waals surface area (Å²) in [6, 6.07) is 6.20. The summed E-state index contributed by atoms with van der Waals surface area (Å²) in [7, 11) is 0. The second kappa shape index (κ2) is 5.88. The molecule has 1 saturated carbocycles. The highest BCUT2D eigenvalue weighted by atomic mass is 35.5. The Labute approximate surface area is 150 Å². The SMILES string of the molecule is CC(NC(=O)Nc1ccc(Cl)cc1)N1C(=O)C2C3C=CC(C3)C2C1=O. The van der Waals surface area contributed by atoms with Crippen molar-refractivity contribution in [1.29, 1.82) is 0 Å². The first-order chi connectivity index (χ1) is 12.0. The number of anilines is 1. The third-order valence-electron chi connectivity index (χ3n) is 5.33. The number of allylic oxidation sites excluding steroid dienone is 2. The molecule has 130 valence electrons. The summed E-state index contributed by atoms with van der Waals surface area (Å²) in [5.41, 5.74) is 0.576. The molecule has 2 fully saturated rings. The summed E-state index contributed by atoms with van der Waals surface area (Å²) in [6.45, 7) is 1.65. The monoisotopic (exact) mass is 359 g/mol. The van der Waals surface area contributed by atoms with Gasteiger partial charge in [0.1, 0.15) is 6.17 Å². The Morgan fingerprint density at radius 2 is 1.68 bits per heavy atom. The highest BCUT2D eigenvalue weighted by molar-refractivity contribution is 6.30. The van der Waals surface area contributed by atoms with Crippen molar-refractivity contribution in [1.82, 2.24) is 10.2 Å². The highest BCUT2D eigenvalue weighted by Crippen LogP contribution is 2.52. The van der Waals surface area contributed by atoms with E-state index in [4.69, 9.17) is 11.6 Å². The van der Waals surface area contributed by atoms with Crippen LogP contribution in [0.3, 0.4) is 0 Å². The molecule has 1 aromatic carbocycles. The zero-order valence-corrected chi connectivity index (χ0v) is 14.4. The number of likely N-dealkylation sites (tertiary alicyclic amines) is 1. The summed E-state index contributed by atoms with van der Waals surface area (Å²) in [5.74, 6) is -0.549. The number of fused-ring (bicyclic) bond motifs is 5. The first kappa shape index (κ1) is 16.1. The number of benzene rings is 1. The molecule has 2 bridgehead atoms. The van der Waals surface area contributed by atoms with Crippen LogP contribution < -0.4 is 10.6 Å². The number of amides is 4. The molecule has 25 heavy (non-hydrogen) atoms. The number of nitrogens with zero attached hydrogens (tertiary/aromatic N) is 1. The van der Waals surface area contributed by atoms with E-state index in [9.17, 15) is 14.4 Å². The summed E-state index contributed by atoms with van der Waals surface area (Å²) >= 11 is 5.81. The molecule has 5 atom stereocenters. The van der Waals surface area contributed by atoms with Gasteiger partial charge in [-0.1, -0.05) is 23.8 Å². The second-order valence-electron chi connectivity index (χ2n) is 6.83. The second-order valence-corrected chi connectivity index (χ2v) is 7.26. The van der Waals surface area contributed by atoms with Gasteiger partial charge in [-0.3, -0.25) is 14.5 Å². The Kier molecular flexibility index (Phi) is 3.80. The number of urea groups is 1. The lowest BCUT2D eigenvalue weighted by Gasteiger charge is -2.25. The van der Waals surface area contributed by atoms with Crippen LogP contribution in [0.5, 0.6) is 0 Å². The van der Waals surface area contributed by atoms with Gasteiger partial charge >= 0.3 is 6.03 Å². The van der Waals surface area contributed by atoms with Gasteiger partial charge in [-0.05, 0) is 49.4 Å². The summed E-state index contributed by atoms with van der Waals surface area (Å²) < 4.78 is 0. The maximum atomic E-state index is 12.7. The third-order valence-corrected chi connectivity index (χ3v) is 5.59. The number of carbonyl (C=O) groups excluding carboxylic acids is 3. The number of rotatable bonds is 3. The van der Waals surface area contributed by atoms with Crippen LogP contribution in [0.15, 0.2) is 36.4 Å². The lowest BCUT2D eigenvalue weighted by Crippen LogP contribution is -2.51. The van der Waals surface area contributed by atoms with Crippen molar-refractivity contribution in [2.75, 3.05) is 5.32 Å². The van der Waals surface area contributed by atoms with Gasteiger partial charge in [0.05, 0.1) is 11.8 Å². The van der Waals surface area contributed by atoms with Crippen molar-refractivity contribution in [3.05, 3.63) is 41.4 Å². The molecule has 1 heterocycles. The maximum absolute atomic E-state index is 12.7. The van der Waals surface area contributed by atoms with Gasteiger partial charge < -0.3 is 10.6 Å². The highest BCUT2D eigenvalue weighted by Gasteiger charge is 2.60. The van der Waals surface area contributed by atoms with E-state index in [-0.39, 0.29) is 35.5 Å². The molecule has 1 aromatic rings. The van der Waals surface area contributed by atoms with Gasteiger partial charge in [-0.15, -0.1) is 0 Å². The molecule has 5 unspecified atom stereocenters. The van der Waals surface area contributed by atoms with E-state index in [1.165, 1.54) is 4.90 Å². The first-order valence-corrected chi connectivity index (χ1v) is 8.72. The number of imide groups is 1. The van der Waals surface area contributed by atoms with Gasteiger partial charge in [0.15, 0.2) is 0 Å². The third kappa shape index (κ3) is 2.61. The molecule has 0 aromatic heterocycles. The Morgan fingerprint density at radius 3 is 2.24 bits per heavy atom. The fourth-order valence-corrected chi connectivity index (χ4v) is 4.39. The van der Waals surface area contributed by atoms with Crippen LogP contribution in [-0.4, -0.2) is 28.9 Å². The Bertz CT molecular complexity index is 746. The molecule has 2 N–H and O–H groups in total. The zero-order chi connectivity index (χ0) is 17.7. The van der Waals surface area contributed by atoms with Gasteiger partial charge in [0.25, 0.3) is 0 Å². The van der Waals surface area contributed by atoms with Gasteiger partial charge in [0, 0.05) is 10.7 Å². The standard InChI is InChI=1S/C18H18ClN3O3/c1-9(20-18(25)21-13-6-4-12(19)5-7-13)22-16(23)14-10-2-3-11(8-10)15(14)17(22)24/h2-7,9-11,14-15H,8H2,1H3,(H2,20,21,25). The predicted octanol–water partition coefficient (Wildman–Crippen LogP) is 2.61. The van der Waals surface area contributed by atoms with E-state index in [0.717, 1.165) is 6.42 Å². The van der Waals surface area contributed by atoms with Crippen LogP contribution in [0.25, 0.3) is 0 Å². The largest absolute Gasteiger partial charge is 0.320 e. The minimum absolute atomic E-state index is 0.159. The van der Waals surface area contributed by atoms with E-state index in [1.54, 1.807) is 31.2 Å². The molecule has 1 aliphatic heterocycles. The van der Waals surface area contributed by atoms with Crippen LogP contribution in [0, 0.1) is 23.7 Å². The summed E-state index contributed by atoms with van der Waals surface area (Å²) in [5, 5.41) is 5.90. The maximum Gasteiger partial charge on any atom is 0.320 e. The summed E-state index contributed by atoms with van der Waals surface area (Å²) in [6.07, 6.45) is 4.29. The minimum Gasteiger partial charge on any atom is -0.317 e. The average molecular weight is 360 g/mol. The predicted molar refractivity (Wildman–Crippen MR) is 92.6 cm³/mol. The molecular weight excluding hydrogens is 342 g/mol. The van der Waals surface area contributed by atoms with Gasteiger partial charge in [-0.25, -0.2) is 4.79 Å². The van der Waals surface area contributed by atoms with Crippen molar-refractivity contribution < 1.29 is 14.4 Å². The van der Waals surface area contributed by atoms with Crippen LogP contribution in [0.1, 0.15) is 13.3 Å². The number of halogens is 1. The lowest BCUT2D eigenvalue weighted by atomic mass is 9.85. The smallest absolute Gasteiger partial charge is 0.317 e. The van der Waals surface area contributed by atoms with Crippen molar-refractivity contribution in [3.63, 3.8) is 0 Å². The van der Waals surface area contributed by atoms with Crippen LogP contribution in [0.2, 0.25) is 5.02 Å². The van der Waals surface area contributed by atoms with Crippen molar-refractivity contribution in [2.45, 2.75) is 19.5 Å². The topological polar surface area (TPSA) is 78.5 Å². The van der Waals surface area contributed by atoms with Gasteiger partial charge in [-0.2, -0.15) is 0 Å². The number of carbonyl (C=O) groups is 3. The van der Waals surface area contributed by atoms with E-state index < -0.39 is 12.2 Å². The molecule has 0 spiro atoms. The minimum atomic E-state index is -0.697. The Hall–Kier alpha value is -2.34. The van der Waals surface area contributed by atoms with Crippen molar-refractivity contribution in [3.8, 4) is 0 Å². The average Bonchev–Trinajstić information content (AvgIpc) is 3.23. The molecule has 4 amide bonds. The van der Waals surface area contributed by atoms with Crippen molar-refractivity contribution in [2.24, 2.45) is 23.7 Å². The van der Waals surface area contributed by atoms with Crippen molar-refractivity contribution >= 4 is 35.1 Å². The molecule has 6 nitrogen and oxygen atoms in total. The zero-order valence-electron chi connectivity index (χ0n) is 13.6. The van der Waals surface area contributed by atoms with E-state index >= 15 is 0 Å². The molecule has 7 heteroatoms. The first-order valence-electron chi connectivity index (χ1n) is 8.34. The summed E-state index contributed by atoms with van der Waals surface area (Å²) in [4.78, 5) is 38.7. The molecule has 4 rings (SSSR count). The van der Waals surface area contributed by atoms with E-state index in [2.05, 4.69) is 10.6 Å². The molecular formula is C18H18ClN3O3. The normalized spacial score (nSPS) is 30.6. The number of hydrogen-bond donors (Lipinski definition) is 2. The number of hydrogen-bond acceptors (Lipinski definition) is 3. The fraction of sp³-hybridized carbons (Fsp3) is 0.389. The Morgan fingerprint density at radius 1 is 1.12 bits per heavy atom. The molecule has 1 saturated heterocycles.